The van der Waals surface area contributed by atoms with Crippen LogP contribution in [0, 0.1) is 12.8 Å². The topological polar surface area (TPSA) is 76.1 Å². The van der Waals surface area contributed by atoms with E-state index < -0.39 is 0 Å². The molecule has 1 aliphatic carbocycles. The van der Waals surface area contributed by atoms with Gasteiger partial charge in [0, 0.05) is 36.6 Å². The first-order valence-electron chi connectivity index (χ1n) is 11.7. The van der Waals surface area contributed by atoms with Gasteiger partial charge in [-0.25, -0.2) is 9.97 Å². The summed E-state index contributed by atoms with van der Waals surface area (Å²) in [4.78, 5) is 21.7. The van der Waals surface area contributed by atoms with Gasteiger partial charge in [0.05, 0.1) is 0 Å². The highest BCUT2D eigenvalue weighted by Gasteiger charge is 2.22. The zero-order chi connectivity index (χ0) is 23.2. The standard InChI is InChI=1S/C27H32N4O2/c1-18-11-12-22(26(32)31-19(2)20-8-5-4-6-9-20)16-24(18)33-27-23(10-7-14-30-27)21-13-15-29-25(17-21)28-3/h7,10-17,19-20H,4-6,8-9H2,1-3H3,(H,28,29)(H,31,32)/t19-/m1/s1. The number of hydrogen-bond donors (Lipinski definition) is 2. The molecule has 0 radical (unpaired) electrons. The Labute approximate surface area is 195 Å². The van der Waals surface area contributed by atoms with Gasteiger partial charge in [0.2, 0.25) is 5.88 Å². The molecule has 0 saturated heterocycles. The molecule has 1 fully saturated rings. The molecule has 1 aliphatic rings. The highest BCUT2D eigenvalue weighted by Crippen LogP contribution is 2.34. The van der Waals surface area contributed by atoms with Crippen molar-refractivity contribution in [1.82, 2.24) is 15.3 Å². The van der Waals surface area contributed by atoms with Gasteiger partial charge in [-0.2, -0.15) is 0 Å². The second-order valence-corrected chi connectivity index (χ2v) is 8.78. The Hall–Kier alpha value is -3.41. The Morgan fingerprint density at radius 2 is 1.88 bits per heavy atom. The molecule has 6 heteroatoms. The highest BCUT2D eigenvalue weighted by molar-refractivity contribution is 5.95. The molecule has 1 saturated carbocycles. The smallest absolute Gasteiger partial charge is 0.251 e. The predicted molar refractivity (Wildman–Crippen MR) is 132 cm³/mol. The second-order valence-electron chi connectivity index (χ2n) is 8.78. The lowest BCUT2D eigenvalue weighted by Gasteiger charge is -2.28. The van der Waals surface area contributed by atoms with Crippen molar-refractivity contribution in [2.45, 2.75) is 52.0 Å². The predicted octanol–water partition coefficient (Wildman–Crippen LogP) is 5.98. The van der Waals surface area contributed by atoms with Crippen LogP contribution in [0.25, 0.3) is 11.1 Å². The summed E-state index contributed by atoms with van der Waals surface area (Å²) in [6.07, 6.45) is 9.66. The third-order valence-electron chi connectivity index (χ3n) is 6.47. The van der Waals surface area contributed by atoms with Gasteiger partial charge in [-0.15, -0.1) is 0 Å². The molecular formula is C27H32N4O2. The number of aryl methyl sites for hydroxylation is 1. The maximum absolute atomic E-state index is 13.0. The van der Waals surface area contributed by atoms with Crippen molar-refractivity contribution in [3.05, 3.63) is 66.0 Å². The SMILES string of the molecule is CNc1cc(-c2cccnc2Oc2cc(C(=O)N[C@H](C)C3CCCCC3)ccc2C)ccn1. The molecule has 0 spiro atoms. The number of ether oxygens (including phenoxy) is 1. The summed E-state index contributed by atoms with van der Waals surface area (Å²) in [6, 6.07) is 13.5. The minimum Gasteiger partial charge on any atom is -0.438 e. The largest absolute Gasteiger partial charge is 0.438 e. The van der Waals surface area contributed by atoms with Crippen LogP contribution in [0.15, 0.2) is 54.9 Å². The Morgan fingerprint density at radius 1 is 1.06 bits per heavy atom. The molecule has 3 aromatic rings. The molecule has 2 N–H and O–H groups in total. The number of nitrogens with zero attached hydrogens (tertiary/aromatic N) is 2. The molecule has 6 nitrogen and oxygen atoms in total. The first kappa shape index (κ1) is 22.8. The molecule has 0 unspecified atom stereocenters. The monoisotopic (exact) mass is 444 g/mol. The number of carbonyl (C=O) groups is 1. The third kappa shape index (κ3) is 5.51. The zero-order valence-corrected chi connectivity index (χ0v) is 19.6. The fourth-order valence-corrected chi connectivity index (χ4v) is 4.42. The Bertz CT molecular complexity index is 1110. The van der Waals surface area contributed by atoms with Gasteiger partial charge in [0.15, 0.2) is 0 Å². The first-order valence-corrected chi connectivity index (χ1v) is 11.7. The van der Waals surface area contributed by atoms with Crippen molar-refractivity contribution in [2.24, 2.45) is 5.92 Å². The Balaban J connectivity index is 1.55. The van der Waals surface area contributed by atoms with Gasteiger partial charge in [-0.1, -0.05) is 25.3 Å². The van der Waals surface area contributed by atoms with Crippen LogP contribution in [0.1, 0.15) is 54.9 Å². The van der Waals surface area contributed by atoms with E-state index in [4.69, 9.17) is 4.74 Å². The van der Waals surface area contributed by atoms with E-state index in [-0.39, 0.29) is 11.9 Å². The van der Waals surface area contributed by atoms with E-state index in [2.05, 4.69) is 27.5 Å². The van der Waals surface area contributed by atoms with E-state index >= 15 is 0 Å². The molecule has 2 aromatic heterocycles. The summed E-state index contributed by atoms with van der Waals surface area (Å²) in [6.45, 7) is 4.09. The Kier molecular flexibility index (Phi) is 7.23. The molecule has 1 aromatic carbocycles. The number of anilines is 1. The summed E-state index contributed by atoms with van der Waals surface area (Å²) in [5.74, 6) is 2.37. The van der Waals surface area contributed by atoms with Crippen LogP contribution >= 0.6 is 0 Å². The molecule has 1 atom stereocenters. The fraction of sp³-hybridized carbons (Fsp3) is 0.370. The Morgan fingerprint density at radius 3 is 2.67 bits per heavy atom. The van der Waals surface area contributed by atoms with Crippen LogP contribution in [0.2, 0.25) is 0 Å². The van der Waals surface area contributed by atoms with E-state index in [1.807, 2.05) is 56.4 Å². The van der Waals surface area contributed by atoms with Gasteiger partial charge in [0.25, 0.3) is 5.91 Å². The quantitative estimate of drug-likeness (QED) is 0.468. The number of rotatable bonds is 7. The maximum atomic E-state index is 13.0. The van der Waals surface area contributed by atoms with Crippen molar-refractivity contribution >= 4 is 11.7 Å². The van der Waals surface area contributed by atoms with Crippen molar-refractivity contribution in [2.75, 3.05) is 12.4 Å². The molecule has 2 heterocycles. The van der Waals surface area contributed by atoms with E-state index in [1.54, 1.807) is 12.4 Å². The van der Waals surface area contributed by atoms with Crippen LogP contribution < -0.4 is 15.4 Å². The van der Waals surface area contributed by atoms with Crippen molar-refractivity contribution in [3.8, 4) is 22.8 Å². The number of benzene rings is 1. The lowest BCUT2D eigenvalue weighted by molar-refractivity contribution is 0.0919. The van der Waals surface area contributed by atoms with E-state index in [9.17, 15) is 4.79 Å². The van der Waals surface area contributed by atoms with Crippen molar-refractivity contribution in [3.63, 3.8) is 0 Å². The van der Waals surface area contributed by atoms with Crippen molar-refractivity contribution < 1.29 is 9.53 Å². The molecule has 33 heavy (non-hydrogen) atoms. The van der Waals surface area contributed by atoms with E-state index in [1.165, 1.54) is 32.1 Å². The maximum Gasteiger partial charge on any atom is 0.251 e. The summed E-state index contributed by atoms with van der Waals surface area (Å²) < 4.78 is 6.25. The normalized spacial score (nSPS) is 15.0. The zero-order valence-electron chi connectivity index (χ0n) is 19.6. The molecule has 0 bridgehead atoms. The minimum absolute atomic E-state index is 0.0630. The minimum atomic E-state index is -0.0630. The number of amides is 1. The van der Waals surface area contributed by atoms with Crippen LogP contribution in [0.4, 0.5) is 5.82 Å². The number of hydrogen-bond acceptors (Lipinski definition) is 5. The van der Waals surface area contributed by atoms with Crippen molar-refractivity contribution in [1.29, 1.82) is 0 Å². The summed E-state index contributed by atoms with van der Waals surface area (Å²) in [5.41, 5.74) is 3.34. The summed E-state index contributed by atoms with van der Waals surface area (Å²) >= 11 is 0. The molecule has 4 rings (SSSR count). The van der Waals surface area contributed by atoms with E-state index in [0.717, 1.165) is 22.5 Å². The van der Waals surface area contributed by atoms with Gasteiger partial charge < -0.3 is 15.4 Å². The van der Waals surface area contributed by atoms with Gasteiger partial charge in [-0.05, 0) is 80.1 Å². The van der Waals surface area contributed by atoms with Crippen LogP contribution in [-0.2, 0) is 0 Å². The van der Waals surface area contributed by atoms with E-state index in [0.29, 0.717) is 23.1 Å². The third-order valence-corrected chi connectivity index (χ3v) is 6.47. The fourth-order valence-electron chi connectivity index (χ4n) is 4.42. The second kappa shape index (κ2) is 10.5. The lowest BCUT2D eigenvalue weighted by atomic mass is 9.84. The van der Waals surface area contributed by atoms with Crippen LogP contribution in [0.5, 0.6) is 11.6 Å². The van der Waals surface area contributed by atoms with Gasteiger partial charge >= 0.3 is 0 Å². The molecule has 0 aliphatic heterocycles. The number of aromatic nitrogens is 2. The lowest BCUT2D eigenvalue weighted by Crippen LogP contribution is -2.38. The number of carbonyl (C=O) groups excluding carboxylic acids is 1. The first-order chi connectivity index (χ1) is 16.0. The summed E-state index contributed by atoms with van der Waals surface area (Å²) in [7, 11) is 1.84. The molecular weight excluding hydrogens is 412 g/mol. The summed E-state index contributed by atoms with van der Waals surface area (Å²) in [5, 5.41) is 6.26. The average Bonchev–Trinajstić information content (AvgIpc) is 2.86. The molecule has 1 amide bonds. The number of pyridine rings is 2. The van der Waals surface area contributed by atoms with Gasteiger partial charge in [0.1, 0.15) is 11.6 Å². The molecule has 172 valence electrons. The number of nitrogens with one attached hydrogen (secondary N) is 2. The average molecular weight is 445 g/mol. The van der Waals surface area contributed by atoms with Crippen LogP contribution in [0.3, 0.4) is 0 Å². The highest BCUT2D eigenvalue weighted by atomic mass is 16.5. The van der Waals surface area contributed by atoms with Crippen LogP contribution in [-0.4, -0.2) is 29.0 Å². The van der Waals surface area contributed by atoms with Gasteiger partial charge in [-0.3, -0.25) is 4.79 Å².